The van der Waals surface area contributed by atoms with Crippen LogP contribution >= 0.6 is 0 Å². The predicted octanol–water partition coefficient (Wildman–Crippen LogP) is 0.709. The summed E-state index contributed by atoms with van der Waals surface area (Å²) in [5.74, 6) is 0. The predicted molar refractivity (Wildman–Crippen MR) is 39.5 cm³/mol. The lowest BCUT2D eigenvalue weighted by atomic mass is 10.1. The van der Waals surface area contributed by atoms with Crippen molar-refractivity contribution in [2.75, 3.05) is 20.2 Å². The number of aliphatic hydroxyl groups excluding tert-OH is 1. The maximum Gasteiger partial charge on any atom is 0.0587 e. The first-order chi connectivity index (χ1) is 4.34. The Labute approximate surface area is 57.5 Å². The molecule has 2 nitrogen and oxygen atoms in total. The van der Waals surface area contributed by atoms with Gasteiger partial charge in [-0.25, -0.2) is 0 Å². The number of likely N-dealkylation sites (tertiary alicyclic amines) is 1. The van der Waals surface area contributed by atoms with E-state index in [1.54, 1.807) is 0 Å². The Balaban J connectivity index is 0.000000291. The standard InChI is InChI=1S/C5H11NO.C2H6/c1-6-3-2-5(6)4-7;1-2/h5,7H,2-4H2,1H3;1-2H3/t5-;/m1./s1. The van der Waals surface area contributed by atoms with Crippen LogP contribution in [0.2, 0.25) is 0 Å². The van der Waals surface area contributed by atoms with Crippen LogP contribution in [-0.4, -0.2) is 36.2 Å². The smallest absolute Gasteiger partial charge is 0.0587 e. The third-order valence-corrected chi connectivity index (χ3v) is 1.65. The highest BCUT2D eigenvalue weighted by Gasteiger charge is 2.21. The van der Waals surface area contributed by atoms with E-state index in [-0.39, 0.29) is 0 Å². The van der Waals surface area contributed by atoms with Crippen molar-refractivity contribution in [1.29, 1.82) is 0 Å². The van der Waals surface area contributed by atoms with Crippen molar-refractivity contribution < 1.29 is 5.11 Å². The number of rotatable bonds is 1. The summed E-state index contributed by atoms with van der Waals surface area (Å²) in [5, 5.41) is 8.51. The summed E-state index contributed by atoms with van der Waals surface area (Å²) >= 11 is 0. The zero-order valence-corrected chi connectivity index (χ0v) is 6.59. The van der Waals surface area contributed by atoms with Gasteiger partial charge in [0.05, 0.1) is 6.61 Å². The Morgan fingerprint density at radius 3 is 2.11 bits per heavy atom. The molecule has 1 N–H and O–H groups in total. The van der Waals surface area contributed by atoms with Gasteiger partial charge in [0.15, 0.2) is 0 Å². The number of aliphatic hydroxyl groups is 1. The van der Waals surface area contributed by atoms with Crippen LogP contribution in [0.3, 0.4) is 0 Å². The van der Waals surface area contributed by atoms with E-state index in [4.69, 9.17) is 5.11 Å². The molecular formula is C7H17NO. The van der Waals surface area contributed by atoms with Crippen LogP contribution < -0.4 is 0 Å². The fourth-order valence-corrected chi connectivity index (χ4v) is 0.801. The number of likely N-dealkylation sites (N-methyl/N-ethyl adjacent to an activating group) is 1. The van der Waals surface area contributed by atoms with Gasteiger partial charge in [0.2, 0.25) is 0 Å². The molecule has 9 heavy (non-hydrogen) atoms. The Morgan fingerprint density at radius 1 is 1.56 bits per heavy atom. The molecule has 2 heteroatoms. The molecule has 1 heterocycles. The molecular weight excluding hydrogens is 114 g/mol. The van der Waals surface area contributed by atoms with E-state index < -0.39 is 0 Å². The van der Waals surface area contributed by atoms with Crippen molar-refractivity contribution in [3.63, 3.8) is 0 Å². The van der Waals surface area contributed by atoms with Gasteiger partial charge < -0.3 is 10.0 Å². The number of nitrogens with zero attached hydrogens (tertiary/aromatic N) is 1. The molecule has 0 aromatic rings. The SMILES string of the molecule is CC.CN1CC[C@@H]1CO. The van der Waals surface area contributed by atoms with Crippen LogP contribution in [0.4, 0.5) is 0 Å². The topological polar surface area (TPSA) is 23.5 Å². The highest BCUT2D eigenvalue weighted by molar-refractivity contribution is 4.77. The Kier molecular flexibility index (Phi) is 4.72. The van der Waals surface area contributed by atoms with Gasteiger partial charge in [0.1, 0.15) is 0 Å². The van der Waals surface area contributed by atoms with Crippen LogP contribution in [-0.2, 0) is 0 Å². The van der Waals surface area contributed by atoms with Crippen LogP contribution in [0.1, 0.15) is 20.3 Å². The van der Waals surface area contributed by atoms with E-state index in [2.05, 4.69) is 4.90 Å². The molecule has 1 atom stereocenters. The lowest BCUT2D eigenvalue weighted by molar-refractivity contribution is 0.0672. The second kappa shape index (κ2) is 4.77. The minimum atomic E-state index is 0.330. The van der Waals surface area contributed by atoms with Crippen molar-refractivity contribution in [1.82, 2.24) is 4.90 Å². The Morgan fingerprint density at radius 2 is 2.11 bits per heavy atom. The monoisotopic (exact) mass is 131 g/mol. The summed E-state index contributed by atoms with van der Waals surface area (Å²) in [6, 6.07) is 0.472. The minimum absolute atomic E-state index is 0.330. The molecule has 0 unspecified atom stereocenters. The molecule has 1 fully saturated rings. The van der Waals surface area contributed by atoms with Crippen LogP contribution in [0.5, 0.6) is 0 Å². The fourth-order valence-electron chi connectivity index (χ4n) is 0.801. The highest BCUT2D eigenvalue weighted by Crippen LogP contribution is 2.11. The first-order valence-electron chi connectivity index (χ1n) is 3.65. The second-order valence-electron chi connectivity index (χ2n) is 2.11. The number of hydrogen-bond acceptors (Lipinski definition) is 2. The molecule has 0 aromatic carbocycles. The van der Waals surface area contributed by atoms with E-state index >= 15 is 0 Å². The van der Waals surface area contributed by atoms with Crippen LogP contribution in [0.15, 0.2) is 0 Å². The van der Waals surface area contributed by atoms with E-state index in [9.17, 15) is 0 Å². The molecule has 0 radical (unpaired) electrons. The van der Waals surface area contributed by atoms with Crippen molar-refractivity contribution in [3.8, 4) is 0 Å². The van der Waals surface area contributed by atoms with Crippen LogP contribution in [0.25, 0.3) is 0 Å². The molecule has 1 aliphatic heterocycles. The molecule has 0 bridgehead atoms. The van der Waals surface area contributed by atoms with E-state index in [1.165, 1.54) is 6.42 Å². The largest absolute Gasteiger partial charge is 0.395 e. The molecule has 0 amide bonds. The van der Waals surface area contributed by atoms with Gasteiger partial charge in [-0.3, -0.25) is 0 Å². The third-order valence-electron chi connectivity index (χ3n) is 1.65. The summed E-state index contributed by atoms with van der Waals surface area (Å²) in [7, 11) is 2.03. The minimum Gasteiger partial charge on any atom is -0.395 e. The van der Waals surface area contributed by atoms with Crippen molar-refractivity contribution in [3.05, 3.63) is 0 Å². The normalized spacial score (nSPS) is 26.0. The zero-order chi connectivity index (χ0) is 7.28. The molecule has 0 aliphatic carbocycles. The summed E-state index contributed by atoms with van der Waals surface area (Å²) in [5.41, 5.74) is 0. The second-order valence-corrected chi connectivity index (χ2v) is 2.11. The average Bonchev–Trinajstić information content (AvgIpc) is 1.91. The van der Waals surface area contributed by atoms with Gasteiger partial charge >= 0.3 is 0 Å². The van der Waals surface area contributed by atoms with E-state index in [0.717, 1.165) is 6.54 Å². The summed E-state index contributed by atoms with van der Waals surface area (Å²) < 4.78 is 0. The molecule has 1 saturated heterocycles. The van der Waals surface area contributed by atoms with Gasteiger partial charge in [-0.2, -0.15) is 0 Å². The van der Waals surface area contributed by atoms with Gasteiger partial charge in [-0.15, -0.1) is 0 Å². The molecule has 0 aromatic heterocycles. The molecule has 56 valence electrons. The average molecular weight is 131 g/mol. The van der Waals surface area contributed by atoms with Crippen LogP contribution in [0, 0.1) is 0 Å². The van der Waals surface area contributed by atoms with Gasteiger partial charge in [-0.1, -0.05) is 13.8 Å². The van der Waals surface area contributed by atoms with Crippen molar-refractivity contribution in [2.24, 2.45) is 0 Å². The lowest BCUT2D eigenvalue weighted by Crippen LogP contribution is -2.46. The third kappa shape index (κ3) is 2.33. The number of hydrogen-bond donors (Lipinski definition) is 1. The van der Waals surface area contributed by atoms with E-state index in [0.29, 0.717) is 12.6 Å². The lowest BCUT2D eigenvalue weighted by Gasteiger charge is -2.36. The molecule has 0 spiro atoms. The summed E-state index contributed by atoms with van der Waals surface area (Å²) in [4.78, 5) is 2.15. The van der Waals surface area contributed by atoms with Gasteiger partial charge in [0, 0.05) is 6.04 Å². The first-order valence-corrected chi connectivity index (χ1v) is 3.65. The summed E-state index contributed by atoms with van der Waals surface area (Å²) in [6.07, 6.45) is 1.17. The zero-order valence-electron chi connectivity index (χ0n) is 6.59. The quantitative estimate of drug-likeness (QED) is 0.566. The van der Waals surface area contributed by atoms with Crippen molar-refractivity contribution >= 4 is 0 Å². The highest BCUT2D eigenvalue weighted by atomic mass is 16.3. The Bertz CT molecular complexity index is 63.9. The molecule has 1 rings (SSSR count). The summed E-state index contributed by atoms with van der Waals surface area (Å²) in [6.45, 7) is 5.49. The molecule has 1 aliphatic rings. The van der Waals surface area contributed by atoms with Gasteiger partial charge in [-0.05, 0) is 20.0 Å². The maximum atomic E-state index is 8.51. The Hall–Kier alpha value is -0.0800. The van der Waals surface area contributed by atoms with E-state index in [1.807, 2.05) is 20.9 Å². The molecule has 0 saturated carbocycles. The maximum absolute atomic E-state index is 8.51. The van der Waals surface area contributed by atoms with Crippen molar-refractivity contribution in [2.45, 2.75) is 26.3 Å². The first kappa shape index (κ1) is 8.92. The van der Waals surface area contributed by atoms with Gasteiger partial charge in [0.25, 0.3) is 0 Å². The fraction of sp³-hybridized carbons (Fsp3) is 1.00.